The van der Waals surface area contributed by atoms with E-state index in [1.807, 2.05) is 92.1 Å². The molecule has 15 nitrogen and oxygen atoms in total. The Morgan fingerprint density at radius 3 is 1.50 bits per heavy atom. The van der Waals surface area contributed by atoms with Gasteiger partial charge in [-0.05, 0) is 49.5 Å². The molecule has 2 aromatic carbocycles. The summed E-state index contributed by atoms with van der Waals surface area (Å²) in [5.74, 6) is 3.50. The number of hydrogen-bond donors (Lipinski definition) is 2. The number of nitrogen functional groups attached to an aromatic ring is 1. The molecule has 322 valence electrons. The molecule has 8 rings (SSSR count). The highest BCUT2D eigenvalue weighted by molar-refractivity contribution is 7.99. The van der Waals surface area contributed by atoms with Crippen molar-refractivity contribution in [2.24, 2.45) is 0 Å². The van der Waals surface area contributed by atoms with Gasteiger partial charge in [-0.15, -0.1) is 0 Å². The Morgan fingerprint density at radius 1 is 0.613 bits per heavy atom. The van der Waals surface area contributed by atoms with Gasteiger partial charge in [0.15, 0.2) is 0 Å². The molecule has 0 bridgehead atoms. The maximum atomic E-state index is 11.6. The third kappa shape index (κ3) is 13.0. The number of piperazine rings is 2. The summed E-state index contributed by atoms with van der Waals surface area (Å²) in [6.45, 7) is 10.2. The average Bonchev–Trinajstić information content (AvgIpc) is 3.31. The number of anilines is 4. The maximum Gasteiger partial charge on any atom is 0.232 e. The highest BCUT2D eigenvalue weighted by Crippen LogP contribution is 2.36. The van der Waals surface area contributed by atoms with Gasteiger partial charge < -0.3 is 40.1 Å². The zero-order chi connectivity index (χ0) is 43.1. The van der Waals surface area contributed by atoms with E-state index in [9.17, 15) is 4.79 Å². The lowest BCUT2D eigenvalue weighted by atomic mass is 10.2. The van der Waals surface area contributed by atoms with Gasteiger partial charge in [-0.2, -0.15) is 9.97 Å². The van der Waals surface area contributed by atoms with Crippen molar-refractivity contribution in [1.82, 2.24) is 39.7 Å². The van der Waals surface area contributed by atoms with Crippen LogP contribution in [0.3, 0.4) is 0 Å². The van der Waals surface area contributed by atoms with E-state index >= 15 is 0 Å². The lowest BCUT2D eigenvalue weighted by molar-refractivity contribution is -0.115. The summed E-state index contributed by atoms with van der Waals surface area (Å²) in [5, 5.41) is 2.76. The Bertz CT molecular complexity index is 2310. The van der Waals surface area contributed by atoms with E-state index in [-0.39, 0.29) is 5.91 Å². The third-order valence-electron chi connectivity index (χ3n) is 9.97. The highest BCUT2D eigenvalue weighted by Gasteiger charge is 2.21. The molecule has 0 spiro atoms. The third-order valence-corrected chi connectivity index (χ3v) is 11.9. The van der Waals surface area contributed by atoms with Crippen LogP contribution in [0, 0.1) is 0 Å². The molecule has 1 amide bonds. The molecule has 2 fully saturated rings. The fourth-order valence-electron chi connectivity index (χ4n) is 6.26. The molecule has 0 atom stereocenters. The van der Waals surface area contributed by atoms with Crippen molar-refractivity contribution < 1.29 is 14.3 Å². The van der Waals surface area contributed by atoms with E-state index < -0.39 is 0 Å². The number of nitrogens with zero attached hydrogens (tertiary/aromatic N) is 10. The standard InChI is InChI=1S/C24H28N6O2S.C21H24N6OS/c1-3-22(31)27-21-10-9-19(15-25-21)33-20-16-26-24(30-13-11-29(2)12-14-30)28-23(20)32-17-18-7-5-4-6-8-18;1-26-9-11-27(12-10-26)21-24-14-18(29-17-7-8-19(22)23-13-17)20(25-21)28-15-16-5-3-2-4-6-16/h4-10,15-16H,3,11-14,17H2,1-2H3,(H,25,27,31);2-8,13-14H,9-12,15H2,1H3,(H2,22,23). The number of aromatic nitrogens is 6. The molecule has 62 heavy (non-hydrogen) atoms. The van der Waals surface area contributed by atoms with Gasteiger partial charge in [0.2, 0.25) is 29.6 Å². The number of rotatable bonds is 14. The second kappa shape index (κ2) is 22.2. The van der Waals surface area contributed by atoms with Crippen LogP contribution in [0.1, 0.15) is 24.5 Å². The van der Waals surface area contributed by atoms with Gasteiger partial charge in [0.1, 0.15) is 24.8 Å². The molecule has 6 heterocycles. The second-order valence-electron chi connectivity index (χ2n) is 14.7. The van der Waals surface area contributed by atoms with E-state index in [1.165, 1.54) is 23.5 Å². The summed E-state index contributed by atoms with van der Waals surface area (Å²) in [6.07, 6.45) is 7.54. The van der Waals surface area contributed by atoms with Crippen molar-refractivity contribution in [3.05, 3.63) is 121 Å². The molecular weight excluding hydrogens is 821 g/mol. The number of pyridine rings is 2. The molecular formula is C45H52N12O3S2. The van der Waals surface area contributed by atoms with Crippen LogP contribution in [-0.4, -0.2) is 112 Å². The molecule has 0 saturated carbocycles. The first-order chi connectivity index (χ1) is 30.3. The van der Waals surface area contributed by atoms with Crippen molar-refractivity contribution in [3.63, 3.8) is 0 Å². The number of benzene rings is 2. The van der Waals surface area contributed by atoms with Crippen molar-refractivity contribution in [1.29, 1.82) is 0 Å². The summed E-state index contributed by atoms with van der Waals surface area (Å²) < 4.78 is 12.3. The first kappa shape index (κ1) is 44.1. The molecule has 2 aliphatic heterocycles. The Labute approximate surface area is 371 Å². The predicted molar refractivity (Wildman–Crippen MR) is 245 cm³/mol. The molecule has 2 saturated heterocycles. The minimum absolute atomic E-state index is 0.0626. The minimum atomic E-state index is -0.0626. The normalized spacial score (nSPS) is 14.4. The number of likely N-dealkylation sites (N-methyl/N-ethyl adjacent to an activating group) is 2. The number of amides is 1. The fourth-order valence-corrected chi connectivity index (χ4v) is 7.85. The van der Waals surface area contributed by atoms with E-state index in [4.69, 9.17) is 25.2 Å². The smallest absolute Gasteiger partial charge is 0.232 e. The van der Waals surface area contributed by atoms with Gasteiger partial charge in [-0.1, -0.05) is 91.1 Å². The molecule has 4 aromatic heterocycles. The summed E-state index contributed by atoms with van der Waals surface area (Å²) in [7, 11) is 4.26. The predicted octanol–water partition coefficient (Wildman–Crippen LogP) is 6.64. The van der Waals surface area contributed by atoms with Crippen LogP contribution in [0.25, 0.3) is 0 Å². The zero-order valence-electron chi connectivity index (χ0n) is 35.3. The molecule has 0 unspecified atom stereocenters. The minimum Gasteiger partial charge on any atom is -0.472 e. The van der Waals surface area contributed by atoms with Crippen LogP contribution in [0.4, 0.5) is 23.5 Å². The van der Waals surface area contributed by atoms with Gasteiger partial charge in [0.25, 0.3) is 0 Å². The lowest BCUT2D eigenvalue weighted by Gasteiger charge is -2.32. The fraction of sp³-hybridized carbons (Fsp3) is 0.311. The summed E-state index contributed by atoms with van der Waals surface area (Å²) >= 11 is 3.01. The van der Waals surface area contributed by atoms with Crippen molar-refractivity contribution in [3.8, 4) is 11.8 Å². The number of nitrogens with two attached hydrogens (primary N) is 1. The van der Waals surface area contributed by atoms with Gasteiger partial charge >= 0.3 is 0 Å². The van der Waals surface area contributed by atoms with E-state index in [1.54, 1.807) is 24.5 Å². The molecule has 0 radical (unpaired) electrons. The number of hydrogen-bond acceptors (Lipinski definition) is 16. The molecule has 6 aromatic rings. The van der Waals surface area contributed by atoms with Crippen LogP contribution in [-0.2, 0) is 18.0 Å². The van der Waals surface area contributed by atoms with Crippen LogP contribution in [0.5, 0.6) is 11.8 Å². The van der Waals surface area contributed by atoms with Gasteiger partial charge in [0, 0.05) is 81.0 Å². The Kier molecular flexibility index (Phi) is 15.8. The zero-order valence-corrected chi connectivity index (χ0v) is 36.9. The SMILES string of the molecule is CCC(=O)Nc1ccc(Sc2cnc(N3CCN(C)CC3)nc2OCc2ccccc2)cn1.CN1CCN(c2ncc(Sc3ccc(N)nc3)c(OCc3ccccc3)n2)CC1. The van der Waals surface area contributed by atoms with Crippen LogP contribution in [0.2, 0.25) is 0 Å². The monoisotopic (exact) mass is 872 g/mol. The van der Waals surface area contributed by atoms with Crippen LogP contribution >= 0.6 is 23.5 Å². The van der Waals surface area contributed by atoms with Crippen LogP contribution in [0.15, 0.2) is 129 Å². The first-order valence-electron chi connectivity index (χ1n) is 20.6. The Morgan fingerprint density at radius 2 is 1.08 bits per heavy atom. The Balaban J connectivity index is 0.000000188. The van der Waals surface area contributed by atoms with Crippen molar-refractivity contribution in [2.75, 3.05) is 87.3 Å². The van der Waals surface area contributed by atoms with Crippen molar-refractivity contribution >= 4 is 53.0 Å². The molecule has 0 aliphatic carbocycles. The number of ether oxygens (including phenoxy) is 2. The lowest BCUT2D eigenvalue weighted by Crippen LogP contribution is -2.45. The maximum absolute atomic E-state index is 11.6. The number of carbonyl (C=O) groups is 1. The van der Waals surface area contributed by atoms with Gasteiger partial charge in [0.05, 0.1) is 22.2 Å². The first-order valence-corrected chi connectivity index (χ1v) is 22.2. The van der Waals surface area contributed by atoms with E-state index in [0.717, 1.165) is 83.1 Å². The number of nitrogens with one attached hydrogen (secondary N) is 1. The van der Waals surface area contributed by atoms with Crippen molar-refractivity contribution in [2.45, 2.75) is 46.1 Å². The summed E-state index contributed by atoms with van der Waals surface area (Å²) in [6, 6.07) is 27.5. The molecule has 17 heteroatoms. The van der Waals surface area contributed by atoms with Gasteiger partial charge in [-0.25, -0.2) is 19.9 Å². The topological polar surface area (TPSA) is 164 Å². The van der Waals surface area contributed by atoms with Gasteiger partial charge in [-0.3, -0.25) is 4.79 Å². The highest BCUT2D eigenvalue weighted by atomic mass is 32.2. The van der Waals surface area contributed by atoms with E-state index in [2.05, 4.69) is 58.9 Å². The Hall–Kier alpha value is -6.01. The summed E-state index contributed by atoms with van der Waals surface area (Å²) in [5.41, 5.74) is 7.87. The second-order valence-corrected chi connectivity index (χ2v) is 16.9. The van der Waals surface area contributed by atoms with Crippen LogP contribution < -0.4 is 30.3 Å². The number of carbonyl (C=O) groups excluding carboxylic acids is 1. The summed E-state index contributed by atoms with van der Waals surface area (Å²) in [4.78, 5) is 51.4. The largest absolute Gasteiger partial charge is 0.472 e. The van der Waals surface area contributed by atoms with E-state index in [0.29, 0.717) is 54.9 Å². The molecule has 3 N–H and O–H groups in total. The quantitative estimate of drug-likeness (QED) is 0.120. The average molecular weight is 873 g/mol. The molecule has 2 aliphatic rings.